The predicted octanol–water partition coefficient (Wildman–Crippen LogP) is 2.48. The standard InChI is InChI=1S/C12H23N3S/c1-5-10(3)15(4)8-11-9-16-12(14-11)7-13-6-2/h9-10,13H,5-8H2,1-4H3. The average molecular weight is 241 g/mol. The van der Waals surface area contributed by atoms with Gasteiger partial charge in [-0.15, -0.1) is 11.3 Å². The van der Waals surface area contributed by atoms with Crippen LogP contribution < -0.4 is 5.32 Å². The van der Waals surface area contributed by atoms with Crippen LogP contribution in [0.2, 0.25) is 0 Å². The highest BCUT2D eigenvalue weighted by Crippen LogP contribution is 2.13. The number of thiazole rings is 1. The van der Waals surface area contributed by atoms with E-state index in [2.05, 4.69) is 48.4 Å². The van der Waals surface area contributed by atoms with Crippen LogP contribution in [0.5, 0.6) is 0 Å². The van der Waals surface area contributed by atoms with Crippen LogP contribution in [0.1, 0.15) is 37.9 Å². The molecule has 0 saturated heterocycles. The largest absolute Gasteiger partial charge is 0.311 e. The average Bonchev–Trinajstić information content (AvgIpc) is 2.72. The fourth-order valence-corrected chi connectivity index (χ4v) is 2.21. The Morgan fingerprint density at radius 1 is 1.50 bits per heavy atom. The Balaban J connectivity index is 2.45. The maximum absolute atomic E-state index is 4.62. The van der Waals surface area contributed by atoms with E-state index < -0.39 is 0 Å². The number of nitrogens with one attached hydrogen (secondary N) is 1. The molecule has 1 rings (SSSR count). The van der Waals surface area contributed by atoms with Gasteiger partial charge in [0.25, 0.3) is 0 Å². The minimum atomic E-state index is 0.624. The van der Waals surface area contributed by atoms with Crippen molar-refractivity contribution in [2.75, 3.05) is 13.6 Å². The molecule has 0 amide bonds. The summed E-state index contributed by atoms with van der Waals surface area (Å²) < 4.78 is 0. The molecule has 0 bridgehead atoms. The molecule has 16 heavy (non-hydrogen) atoms. The molecule has 0 fully saturated rings. The molecule has 0 aromatic carbocycles. The lowest BCUT2D eigenvalue weighted by atomic mass is 10.2. The minimum absolute atomic E-state index is 0.624. The zero-order valence-electron chi connectivity index (χ0n) is 10.8. The van der Waals surface area contributed by atoms with Crippen molar-refractivity contribution in [2.45, 2.75) is 46.3 Å². The molecule has 1 heterocycles. The molecule has 1 N–H and O–H groups in total. The molecule has 0 aliphatic carbocycles. The number of hydrogen-bond donors (Lipinski definition) is 1. The zero-order valence-corrected chi connectivity index (χ0v) is 11.6. The van der Waals surface area contributed by atoms with E-state index >= 15 is 0 Å². The molecule has 92 valence electrons. The molecular weight excluding hydrogens is 218 g/mol. The van der Waals surface area contributed by atoms with Gasteiger partial charge in [-0.2, -0.15) is 0 Å². The van der Waals surface area contributed by atoms with Gasteiger partial charge < -0.3 is 5.32 Å². The van der Waals surface area contributed by atoms with Crippen LogP contribution in [0.3, 0.4) is 0 Å². The SMILES string of the molecule is CCNCc1nc(CN(C)C(C)CC)cs1. The second-order valence-electron chi connectivity index (χ2n) is 4.19. The van der Waals surface area contributed by atoms with Crippen molar-refractivity contribution < 1.29 is 0 Å². The topological polar surface area (TPSA) is 28.2 Å². The van der Waals surface area contributed by atoms with Gasteiger partial charge in [-0.05, 0) is 26.9 Å². The van der Waals surface area contributed by atoms with Crippen molar-refractivity contribution in [3.63, 3.8) is 0 Å². The first-order valence-corrected chi connectivity index (χ1v) is 6.89. The third-order valence-electron chi connectivity index (χ3n) is 2.88. The number of hydrogen-bond acceptors (Lipinski definition) is 4. The summed E-state index contributed by atoms with van der Waals surface area (Å²) in [4.78, 5) is 6.97. The van der Waals surface area contributed by atoms with Gasteiger partial charge in [0.15, 0.2) is 0 Å². The summed E-state index contributed by atoms with van der Waals surface area (Å²) in [6.45, 7) is 9.45. The first kappa shape index (κ1) is 13.6. The van der Waals surface area contributed by atoms with Crippen LogP contribution in [0.4, 0.5) is 0 Å². The third kappa shape index (κ3) is 4.20. The minimum Gasteiger partial charge on any atom is -0.311 e. The molecule has 0 spiro atoms. The van der Waals surface area contributed by atoms with Crippen LogP contribution >= 0.6 is 11.3 Å². The highest BCUT2D eigenvalue weighted by molar-refractivity contribution is 7.09. The molecule has 0 radical (unpaired) electrons. The first-order valence-electron chi connectivity index (χ1n) is 6.01. The lowest BCUT2D eigenvalue weighted by Gasteiger charge is -2.22. The maximum atomic E-state index is 4.62. The van der Waals surface area contributed by atoms with E-state index in [-0.39, 0.29) is 0 Å². The monoisotopic (exact) mass is 241 g/mol. The molecule has 1 atom stereocenters. The maximum Gasteiger partial charge on any atom is 0.107 e. The Hall–Kier alpha value is -0.450. The summed E-state index contributed by atoms with van der Waals surface area (Å²) in [6, 6.07) is 0.624. The van der Waals surface area contributed by atoms with Crippen molar-refractivity contribution in [3.8, 4) is 0 Å². The van der Waals surface area contributed by atoms with Crippen LogP contribution in [-0.4, -0.2) is 29.5 Å². The van der Waals surface area contributed by atoms with E-state index in [1.54, 1.807) is 11.3 Å². The fourth-order valence-electron chi connectivity index (χ4n) is 1.46. The number of rotatable bonds is 7. The summed E-state index contributed by atoms with van der Waals surface area (Å²) in [7, 11) is 2.16. The Morgan fingerprint density at radius 3 is 2.88 bits per heavy atom. The van der Waals surface area contributed by atoms with Crippen LogP contribution in [0.15, 0.2) is 5.38 Å². The van der Waals surface area contributed by atoms with Crippen molar-refractivity contribution in [1.29, 1.82) is 0 Å². The molecule has 1 aromatic rings. The van der Waals surface area contributed by atoms with Crippen molar-refractivity contribution in [2.24, 2.45) is 0 Å². The Labute approximate surface area is 103 Å². The Kier molecular flexibility index (Phi) is 5.95. The third-order valence-corrected chi connectivity index (χ3v) is 3.78. The highest BCUT2D eigenvalue weighted by Gasteiger charge is 2.09. The van der Waals surface area contributed by atoms with E-state index in [1.165, 1.54) is 17.1 Å². The van der Waals surface area contributed by atoms with Gasteiger partial charge in [0.1, 0.15) is 5.01 Å². The van der Waals surface area contributed by atoms with Crippen LogP contribution in [-0.2, 0) is 13.1 Å². The normalized spacial score (nSPS) is 13.3. The van der Waals surface area contributed by atoms with Gasteiger partial charge in [-0.1, -0.05) is 13.8 Å². The van der Waals surface area contributed by atoms with Gasteiger partial charge in [-0.3, -0.25) is 4.90 Å². The second kappa shape index (κ2) is 6.99. The lowest BCUT2D eigenvalue weighted by Crippen LogP contribution is -2.27. The molecule has 0 saturated carbocycles. The second-order valence-corrected chi connectivity index (χ2v) is 5.13. The smallest absolute Gasteiger partial charge is 0.107 e. The molecule has 4 heteroatoms. The molecule has 0 aliphatic rings. The van der Waals surface area contributed by atoms with Gasteiger partial charge >= 0.3 is 0 Å². The summed E-state index contributed by atoms with van der Waals surface area (Å²) in [5.41, 5.74) is 1.20. The van der Waals surface area contributed by atoms with Crippen molar-refractivity contribution >= 4 is 11.3 Å². The summed E-state index contributed by atoms with van der Waals surface area (Å²) >= 11 is 1.75. The van der Waals surface area contributed by atoms with Crippen LogP contribution in [0.25, 0.3) is 0 Å². The Bertz CT molecular complexity index is 298. The molecule has 1 unspecified atom stereocenters. The summed E-state index contributed by atoms with van der Waals surface area (Å²) in [6.07, 6.45) is 1.19. The van der Waals surface area contributed by atoms with E-state index in [0.717, 1.165) is 19.6 Å². The van der Waals surface area contributed by atoms with Crippen molar-refractivity contribution in [3.05, 3.63) is 16.1 Å². The lowest BCUT2D eigenvalue weighted by molar-refractivity contribution is 0.241. The van der Waals surface area contributed by atoms with E-state index in [0.29, 0.717) is 6.04 Å². The van der Waals surface area contributed by atoms with Gasteiger partial charge in [0.05, 0.1) is 5.69 Å². The van der Waals surface area contributed by atoms with Gasteiger partial charge in [0, 0.05) is 24.5 Å². The van der Waals surface area contributed by atoms with Crippen molar-refractivity contribution in [1.82, 2.24) is 15.2 Å². The quantitative estimate of drug-likeness (QED) is 0.795. The summed E-state index contributed by atoms with van der Waals surface area (Å²) in [5.74, 6) is 0. The Morgan fingerprint density at radius 2 is 2.25 bits per heavy atom. The zero-order chi connectivity index (χ0) is 12.0. The molecular formula is C12H23N3S. The van der Waals surface area contributed by atoms with E-state index in [9.17, 15) is 0 Å². The van der Waals surface area contributed by atoms with Crippen LogP contribution in [0, 0.1) is 0 Å². The predicted molar refractivity (Wildman–Crippen MR) is 70.7 cm³/mol. The molecule has 1 aromatic heterocycles. The first-order chi connectivity index (χ1) is 7.67. The number of aromatic nitrogens is 1. The fraction of sp³-hybridized carbons (Fsp3) is 0.750. The van der Waals surface area contributed by atoms with Gasteiger partial charge in [-0.25, -0.2) is 4.98 Å². The van der Waals surface area contributed by atoms with Gasteiger partial charge in [0.2, 0.25) is 0 Å². The van der Waals surface area contributed by atoms with E-state index in [1.807, 2.05) is 0 Å². The van der Waals surface area contributed by atoms with E-state index in [4.69, 9.17) is 0 Å². The highest BCUT2D eigenvalue weighted by atomic mass is 32.1. The molecule has 0 aliphatic heterocycles. The number of nitrogens with zero attached hydrogens (tertiary/aromatic N) is 2. The molecule has 3 nitrogen and oxygen atoms in total. The summed E-state index contributed by atoms with van der Waals surface area (Å²) in [5, 5.41) is 6.66.